The van der Waals surface area contributed by atoms with E-state index < -0.39 is 0 Å². The van der Waals surface area contributed by atoms with Crippen molar-refractivity contribution >= 4 is 11.6 Å². The lowest BCUT2D eigenvalue weighted by Crippen LogP contribution is -2.12. The lowest BCUT2D eigenvalue weighted by Gasteiger charge is -2.14. The van der Waals surface area contributed by atoms with Gasteiger partial charge in [-0.05, 0) is 48.7 Å². The zero-order valence-electron chi connectivity index (χ0n) is 15.7. The first kappa shape index (κ1) is 19.8. The summed E-state index contributed by atoms with van der Waals surface area (Å²) in [5.41, 5.74) is 2.25. The minimum atomic E-state index is -0.192. The molecule has 0 bridgehead atoms. The largest absolute Gasteiger partial charge is 0.490 e. The van der Waals surface area contributed by atoms with Crippen molar-refractivity contribution in [2.45, 2.75) is 33.3 Å². The van der Waals surface area contributed by atoms with Crippen LogP contribution in [0.4, 0.5) is 5.69 Å². The highest BCUT2D eigenvalue weighted by Crippen LogP contribution is 2.29. The molecule has 0 heterocycles. The third-order valence-corrected chi connectivity index (χ3v) is 3.63. The molecule has 2 rings (SSSR count). The van der Waals surface area contributed by atoms with Crippen LogP contribution in [-0.2, 0) is 11.3 Å². The van der Waals surface area contributed by atoms with Gasteiger partial charge in [-0.2, -0.15) is 0 Å². The smallest absolute Gasteiger partial charge is 0.255 e. The van der Waals surface area contributed by atoms with Crippen molar-refractivity contribution < 1.29 is 19.0 Å². The molecule has 1 amide bonds. The topological polar surface area (TPSA) is 56.8 Å². The third-order valence-electron chi connectivity index (χ3n) is 3.63. The molecule has 0 aliphatic rings. The van der Waals surface area contributed by atoms with Crippen LogP contribution in [0.25, 0.3) is 0 Å². The summed E-state index contributed by atoms with van der Waals surface area (Å²) in [7, 11) is 1.64. The SMILES string of the molecule is CCCOc1ccc(C(=O)Nc2cccc(COC)c2)cc1OCCC. The molecule has 2 aromatic rings. The first-order valence-corrected chi connectivity index (χ1v) is 8.96. The number of carbonyl (C=O) groups is 1. The lowest BCUT2D eigenvalue weighted by molar-refractivity contribution is 0.102. The number of benzene rings is 2. The maximum absolute atomic E-state index is 12.6. The number of rotatable bonds is 10. The summed E-state index contributed by atoms with van der Waals surface area (Å²) in [5, 5.41) is 2.91. The first-order valence-electron chi connectivity index (χ1n) is 8.96. The van der Waals surface area contributed by atoms with Gasteiger partial charge in [0.05, 0.1) is 19.8 Å². The standard InChI is InChI=1S/C21H27NO4/c1-4-11-25-19-10-9-17(14-20(19)26-12-5-2)21(23)22-18-8-6-7-16(13-18)15-24-3/h6-10,13-14H,4-5,11-12,15H2,1-3H3,(H,22,23). The Morgan fingerprint density at radius 2 is 1.69 bits per heavy atom. The summed E-state index contributed by atoms with van der Waals surface area (Å²) in [6.07, 6.45) is 1.79. The van der Waals surface area contributed by atoms with E-state index in [1.807, 2.05) is 38.1 Å². The van der Waals surface area contributed by atoms with Crippen LogP contribution in [0.2, 0.25) is 0 Å². The molecule has 1 N–H and O–H groups in total. The van der Waals surface area contributed by atoms with Crippen LogP contribution in [0, 0.1) is 0 Å². The molecule has 0 aliphatic heterocycles. The van der Waals surface area contributed by atoms with Crippen molar-refractivity contribution in [2.24, 2.45) is 0 Å². The van der Waals surface area contributed by atoms with Gasteiger partial charge in [0.2, 0.25) is 0 Å². The lowest BCUT2D eigenvalue weighted by atomic mass is 10.1. The Kier molecular flexibility index (Phi) is 7.96. The van der Waals surface area contributed by atoms with Crippen LogP contribution in [0.15, 0.2) is 42.5 Å². The number of nitrogens with one attached hydrogen (secondary N) is 1. The Morgan fingerprint density at radius 1 is 0.962 bits per heavy atom. The summed E-state index contributed by atoms with van der Waals surface area (Å²) >= 11 is 0. The minimum absolute atomic E-state index is 0.192. The van der Waals surface area contributed by atoms with E-state index in [1.54, 1.807) is 25.3 Å². The van der Waals surface area contributed by atoms with E-state index in [0.717, 1.165) is 24.1 Å². The molecule has 0 spiro atoms. The van der Waals surface area contributed by atoms with E-state index in [0.29, 0.717) is 36.9 Å². The van der Waals surface area contributed by atoms with E-state index in [1.165, 1.54) is 0 Å². The molecule has 0 saturated carbocycles. The average Bonchev–Trinajstić information content (AvgIpc) is 2.65. The van der Waals surface area contributed by atoms with Crippen LogP contribution in [-0.4, -0.2) is 26.2 Å². The van der Waals surface area contributed by atoms with Crippen LogP contribution < -0.4 is 14.8 Å². The molecule has 0 unspecified atom stereocenters. The summed E-state index contributed by atoms with van der Waals surface area (Å²) in [4.78, 5) is 12.6. The van der Waals surface area contributed by atoms with Gasteiger partial charge in [-0.15, -0.1) is 0 Å². The van der Waals surface area contributed by atoms with Gasteiger partial charge >= 0.3 is 0 Å². The molecule has 0 aromatic heterocycles. The number of carbonyl (C=O) groups excluding carboxylic acids is 1. The molecule has 26 heavy (non-hydrogen) atoms. The van der Waals surface area contributed by atoms with Gasteiger partial charge in [0.1, 0.15) is 0 Å². The Morgan fingerprint density at radius 3 is 2.38 bits per heavy atom. The van der Waals surface area contributed by atoms with Gasteiger partial charge < -0.3 is 19.5 Å². The number of hydrogen-bond donors (Lipinski definition) is 1. The maximum Gasteiger partial charge on any atom is 0.255 e. The zero-order chi connectivity index (χ0) is 18.8. The van der Waals surface area contributed by atoms with Crippen LogP contribution >= 0.6 is 0 Å². The molecular weight excluding hydrogens is 330 g/mol. The fourth-order valence-corrected chi connectivity index (χ4v) is 2.41. The summed E-state index contributed by atoms with van der Waals surface area (Å²) < 4.78 is 16.6. The second kappa shape index (κ2) is 10.5. The highest BCUT2D eigenvalue weighted by atomic mass is 16.5. The molecule has 0 fully saturated rings. The molecule has 5 nitrogen and oxygen atoms in total. The van der Waals surface area contributed by atoms with Crippen molar-refractivity contribution in [1.29, 1.82) is 0 Å². The predicted molar refractivity (Wildman–Crippen MR) is 103 cm³/mol. The number of amides is 1. The molecule has 2 aromatic carbocycles. The fourth-order valence-electron chi connectivity index (χ4n) is 2.41. The third kappa shape index (κ3) is 5.77. The average molecular weight is 357 g/mol. The quantitative estimate of drug-likeness (QED) is 0.672. The second-order valence-corrected chi connectivity index (χ2v) is 5.95. The number of anilines is 1. The van der Waals surface area contributed by atoms with Crippen molar-refractivity contribution in [3.05, 3.63) is 53.6 Å². The van der Waals surface area contributed by atoms with Gasteiger partial charge in [-0.25, -0.2) is 0 Å². The Labute approximate surface area is 155 Å². The Balaban J connectivity index is 2.15. The van der Waals surface area contributed by atoms with Gasteiger partial charge in [0, 0.05) is 18.4 Å². The molecule has 0 saturated heterocycles. The molecule has 0 radical (unpaired) electrons. The summed E-state index contributed by atoms with van der Waals surface area (Å²) in [6, 6.07) is 12.9. The zero-order valence-corrected chi connectivity index (χ0v) is 15.7. The van der Waals surface area contributed by atoms with Gasteiger partial charge in [-0.1, -0.05) is 26.0 Å². The first-order chi connectivity index (χ1) is 12.7. The van der Waals surface area contributed by atoms with Crippen LogP contribution in [0.1, 0.15) is 42.6 Å². The number of ether oxygens (including phenoxy) is 3. The van der Waals surface area contributed by atoms with Crippen molar-refractivity contribution in [3.8, 4) is 11.5 Å². The van der Waals surface area contributed by atoms with E-state index >= 15 is 0 Å². The highest BCUT2D eigenvalue weighted by molar-refractivity contribution is 6.04. The van der Waals surface area contributed by atoms with Crippen molar-refractivity contribution in [2.75, 3.05) is 25.6 Å². The van der Waals surface area contributed by atoms with Crippen LogP contribution in [0.3, 0.4) is 0 Å². The molecule has 140 valence electrons. The van der Waals surface area contributed by atoms with Gasteiger partial charge in [0.15, 0.2) is 11.5 Å². The van der Waals surface area contributed by atoms with Crippen LogP contribution in [0.5, 0.6) is 11.5 Å². The predicted octanol–water partition coefficient (Wildman–Crippen LogP) is 4.66. The van der Waals surface area contributed by atoms with E-state index in [-0.39, 0.29) is 5.91 Å². The highest BCUT2D eigenvalue weighted by Gasteiger charge is 2.12. The summed E-state index contributed by atoms with van der Waals surface area (Å²) in [5.74, 6) is 1.07. The van der Waals surface area contributed by atoms with Gasteiger partial charge in [0.25, 0.3) is 5.91 Å². The monoisotopic (exact) mass is 357 g/mol. The van der Waals surface area contributed by atoms with Crippen molar-refractivity contribution in [3.63, 3.8) is 0 Å². The van der Waals surface area contributed by atoms with E-state index in [2.05, 4.69) is 5.32 Å². The van der Waals surface area contributed by atoms with E-state index in [9.17, 15) is 4.79 Å². The van der Waals surface area contributed by atoms with Crippen molar-refractivity contribution in [1.82, 2.24) is 0 Å². The minimum Gasteiger partial charge on any atom is -0.490 e. The molecular formula is C21H27NO4. The second-order valence-electron chi connectivity index (χ2n) is 5.95. The maximum atomic E-state index is 12.6. The molecule has 0 aliphatic carbocycles. The molecule has 5 heteroatoms. The Hall–Kier alpha value is -2.53. The number of methoxy groups -OCH3 is 1. The number of hydrogen-bond acceptors (Lipinski definition) is 4. The fraction of sp³-hybridized carbons (Fsp3) is 0.381. The summed E-state index contributed by atoms with van der Waals surface area (Å²) in [6.45, 7) is 5.78. The van der Waals surface area contributed by atoms with Gasteiger partial charge in [-0.3, -0.25) is 4.79 Å². The normalized spacial score (nSPS) is 10.4. The Bertz CT molecular complexity index is 715. The molecule has 0 atom stereocenters. The van der Waals surface area contributed by atoms with E-state index in [4.69, 9.17) is 14.2 Å².